The molecule has 4 nitrogen and oxygen atoms in total. The van der Waals surface area contributed by atoms with E-state index in [-0.39, 0.29) is 22.5 Å². The predicted octanol–water partition coefficient (Wildman–Crippen LogP) is 5.50. The Balaban J connectivity index is 2.40. The summed E-state index contributed by atoms with van der Waals surface area (Å²) in [5, 5.41) is 0. The standard InChI is InChI=1S/C20H20F5N3O/c1-3-4-5-6-28(2)11-18(22)15-8-16(17(21)7-13(15)12-29)19-26-9-14(10-27-19)20(23,24)25/h7-12H,3-6H2,1-2H3/b18-11+. The number of hydrogen-bond donors (Lipinski definition) is 0. The first kappa shape index (κ1) is 22.4. The average molecular weight is 413 g/mol. The van der Waals surface area contributed by atoms with Crippen molar-refractivity contribution >= 4 is 12.1 Å². The van der Waals surface area contributed by atoms with Crippen molar-refractivity contribution in [3.8, 4) is 11.4 Å². The smallest absolute Gasteiger partial charge is 0.378 e. The van der Waals surface area contributed by atoms with Gasteiger partial charge in [0.25, 0.3) is 0 Å². The first-order valence-electron chi connectivity index (χ1n) is 8.93. The lowest BCUT2D eigenvalue weighted by Crippen LogP contribution is -2.12. The Kier molecular flexibility index (Phi) is 7.41. The fourth-order valence-electron chi connectivity index (χ4n) is 2.62. The monoisotopic (exact) mass is 413 g/mol. The quantitative estimate of drug-likeness (QED) is 0.326. The molecule has 156 valence electrons. The van der Waals surface area contributed by atoms with Crippen LogP contribution in [0.15, 0.2) is 30.7 Å². The van der Waals surface area contributed by atoms with Crippen molar-refractivity contribution in [3.63, 3.8) is 0 Å². The van der Waals surface area contributed by atoms with Gasteiger partial charge >= 0.3 is 6.18 Å². The van der Waals surface area contributed by atoms with Crippen LogP contribution >= 0.6 is 0 Å². The van der Waals surface area contributed by atoms with Gasteiger partial charge in [-0.25, -0.2) is 18.7 Å². The summed E-state index contributed by atoms with van der Waals surface area (Å²) in [4.78, 5) is 19.9. The van der Waals surface area contributed by atoms with Gasteiger partial charge in [0.1, 0.15) is 11.6 Å². The van der Waals surface area contributed by atoms with E-state index in [1.807, 2.05) is 6.92 Å². The van der Waals surface area contributed by atoms with E-state index in [0.29, 0.717) is 25.2 Å². The molecule has 0 saturated heterocycles. The number of alkyl halides is 3. The van der Waals surface area contributed by atoms with Crippen molar-refractivity contribution < 1.29 is 26.7 Å². The summed E-state index contributed by atoms with van der Waals surface area (Å²) < 4.78 is 67.0. The highest BCUT2D eigenvalue weighted by molar-refractivity contribution is 5.86. The van der Waals surface area contributed by atoms with Crippen LogP contribution < -0.4 is 0 Å². The molecule has 0 aliphatic rings. The number of hydrogen-bond acceptors (Lipinski definition) is 4. The first-order chi connectivity index (χ1) is 13.7. The van der Waals surface area contributed by atoms with Crippen molar-refractivity contribution in [3.05, 3.63) is 53.2 Å². The molecule has 0 atom stereocenters. The van der Waals surface area contributed by atoms with E-state index in [4.69, 9.17) is 0 Å². The van der Waals surface area contributed by atoms with E-state index in [0.717, 1.165) is 31.4 Å². The Morgan fingerprint density at radius 3 is 2.38 bits per heavy atom. The molecular formula is C20H20F5N3O. The Morgan fingerprint density at radius 1 is 1.17 bits per heavy atom. The normalized spacial score (nSPS) is 12.2. The maximum Gasteiger partial charge on any atom is 0.419 e. The van der Waals surface area contributed by atoms with Gasteiger partial charge in [0.05, 0.1) is 11.1 Å². The lowest BCUT2D eigenvalue weighted by atomic mass is 10.0. The van der Waals surface area contributed by atoms with Gasteiger partial charge in [0.2, 0.25) is 0 Å². The van der Waals surface area contributed by atoms with Crippen LogP contribution in [0.3, 0.4) is 0 Å². The number of halogens is 5. The molecule has 0 amide bonds. The highest BCUT2D eigenvalue weighted by atomic mass is 19.4. The molecule has 0 saturated carbocycles. The summed E-state index contributed by atoms with van der Waals surface area (Å²) in [6.45, 7) is 2.63. The summed E-state index contributed by atoms with van der Waals surface area (Å²) in [7, 11) is 1.67. The zero-order valence-corrected chi connectivity index (χ0v) is 15.9. The van der Waals surface area contributed by atoms with E-state index < -0.39 is 23.4 Å². The fourth-order valence-corrected chi connectivity index (χ4v) is 2.62. The second-order valence-corrected chi connectivity index (χ2v) is 6.50. The summed E-state index contributed by atoms with van der Waals surface area (Å²) >= 11 is 0. The zero-order valence-electron chi connectivity index (χ0n) is 15.9. The van der Waals surface area contributed by atoms with Crippen LogP contribution in [0.25, 0.3) is 17.2 Å². The van der Waals surface area contributed by atoms with Crippen molar-refractivity contribution in [2.24, 2.45) is 0 Å². The van der Waals surface area contributed by atoms with E-state index in [9.17, 15) is 26.7 Å². The topological polar surface area (TPSA) is 46.1 Å². The first-order valence-corrected chi connectivity index (χ1v) is 8.93. The molecule has 0 bridgehead atoms. The van der Waals surface area contributed by atoms with Gasteiger partial charge in [-0.3, -0.25) is 4.79 Å². The van der Waals surface area contributed by atoms with Crippen molar-refractivity contribution in [1.29, 1.82) is 0 Å². The predicted molar refractivity (Wildman–Crippen MR) is 99.1 cm³/mol. The van der Waals surface area contributed by atoms with Crippen LogP contribution in [-0.2, 0) is 6.18 Å². The Hall–Kier alpha value is -2.84. The van der Waals surface area contributed by atoms with Crippen molar-refractivity contribution in [2.45, 2.75) is 32.4 Å². The fraction of sp³-hybridized carbons (Fsp3) is 0.350. The second kappa shape index (κ2) is 9.58. The van der Waals surface area contributed by atoms with E-state index >= 15 is 0 Å². The Morgan fingerprint density at radius 2 is 1.83 bits per heavy atom. The van der Waals surface area contributed by atoms with Crippen LogP contribution in [0.1, 0.15) is 47.7 Å². The van der Waals surface area contributed by atoms with Crippen LogP contribution in [0.4, 0.5) is 22.0 Å². The molecule has 2 rings (SSSR count). The third-order valence-electron chi connectivity index (χ3n) is 4.19. The van der Waals surface area contributed by atoms with Gasteiger partial charge < -0.3 is 4.90 Å². The number of unbranched alkanes of at least 4 members (excludes halogenated alkanes) is 2. The lowest BCUT2D eigenvalue weighted by Gasteiger charge is -2.15. The molecule has 2 aromatic rings. The molecule has 0 radical (unpaired) electrons. The summed E-state index contributed by atoms with van der Waals surface area (Å²) in [6.07, 6.45) is 0.723. The minimum atomic E-state index is -4.64. The number of rotatable bonds is 8. The number of nitrogens with zero attached hydrogens (tertiary/aromatic N) is 3. The van der Waals surface area contributed by atoms with E-state index in [1.165, 1.54) is 6.20 Å². The molecule has 0 fully saturated rings. The maximum absolute atomic E-state index is 14.7. The zero-order chi connectivity index (χ0) is 21.6. The highest BCUT2D eigenvalue weighted by Crippen LogP contribution is 2.31. The molecule has 1 aromatic heterocycles. The van der Waals surface area contributed by atoms with Crippen LogP contribution in [0.5, 0.6) is 0 Å². The number of carbonyl (C=O) groups is 1. The molecule has 9 heteroatoms. The average Bonchev–Trinajstić information content (AvgIpc) is 2.67. The molecule has 29 heavy (non-hydrogen) atoms. The van der Waals surface area contributed by atoms with Crippen molar-refractivity contribution in [2.75, 3.05) is 13.6 Å². The van der Waals surface area contributed by atoms with Gasteiger partial charge in [-0.15, -0.1) is 0 Å². The minimum Gasteiger partial charge on any atom is -0.378 e. The summed E-state index contributed by atoms with van der Waals surface area (Å²) in [6, 6.07) is 1.83. The SMILES string of the molecule is CCCCCN(C)/C=C(/F)c1cc(-c2ncc(C(F)(F)F)cn2)c(F)cc1C=O. The maximum atomic E-state index is 14.7. The highest BCUT2D eigenvalue weighted by Gasteiger charge is 2.31. The number of carbonyl (C=O) groups excluding carboxylic acids is 1. The van der Waals surface area contributed by atoms with Gasteiger partial charge in [-0.2, -0.15) is 13.2 Å². The molecular weight excluding hydrogens is 393 g/mol. The molecule has 0 aliphatic carbocycles. The molecule has 0 spiro atoms. The van der Waals surface area contributed by atoms with Gasteiger partial charge in [-0.05, 0) is 18.6 Å². The lowest BCUT2D eigenvalue weighted by molar-refractivity contribution is -0.138. The van der Waals surface area contributed by atoms with Gasteiger partial charge in [0.15, 0.2) is 12.1 Å². The Bertz CT molecular complexity index is 879. The third-order valence-corrected chi connectivity index (χ3v) is 4.19. The third kappa shape index (κ3) is 5.82. The van der Waals surface area contributed by atoms with E-state index in [2.05, 4.69) is 9.97 Å². The minimum absolute atomic E-state index is 0.192. The molecule has 0 aliphatic heterocycles. The molecule has 1 aromatic carbocycles. The number of aldehydes is 1. The van der Waals surface area contributed by atoms with Gasteiger partial charge in [-0.1, -0.05) is 19.8 Å². The van der Waals surface area contributed by atoms with E-state index in [1.54, 1.807) is 11.9 Å². The number of benzene rings is 1. The molecule has 0 unspecified atom stereocenters. The van der Waals surface area contributed by atoms with Gasteiger partial charge in [0, 0.05) is 43.3 Å². The van der Waals surface area contributed by atoms with Crippen LogP contribution in [0.2, 0.25) is 0 Å². The number of aromatic nitrogens is 2. The van der Waals surface area contributed by atoms with Crippen LogP contribution in [-0.4, -0.2) is 34.7 Å². The molecule has 0 N–H and O–H groups in total. The molecule has 1 heterocycles. The second-order valence-electron chi connectivity index (χ2n) is 6.50. The van der Waals surface area contributed by atoms with Crippen molar-refractivity contribution in [1.82, 2.24) is 14.9 Å². The summed E-state index contributed by atoms with van der Waals surface area (Å²) in [5.41, 5.74) is -1.82. The Labute approximate surface area is 165 Å². The largest absolute Gasteiger partial charge is 0.419 e. The summed E-state index contributed by atoms with van der Waals surface area (Å²) in [5.74, 6) is -2.07. The van der Waals surface area contributed by atoms with Crippen LogP contribution in [0, 0.1) is 5.82 Å².